The Kier molecular flexibility index (Phi) is 6.83. The number of hydrogen-bond acceptors (Lipinski definition) is 5. The number of benzene rings is 1. The number of carbonyl (C=O) groups excluding carboxylic acids is 1. The molecule has 1 amide bonds. The number of hydrogen-bond donors (Lipinski definition) is 1. The van der Waals surface area contributed by atoms with Crippen molar-refractivity contribution in [1.29, 1.82) is 0 Å². The van der Waals surface area contributed by atoms with Crippen LogP contribution in [0.25, 0.3) is 0 Å². The molecule has 1 aromatic carbocycles. The maximum absolute atomic E-state index is 12.1. The normalized spacial score (nSPS) is 18.9. The van der Waals surface area contributed by atoms with Crippen molar-refractivity contribution in [2.24, 2.45) is 0 Å². The van der Waals surface area contributed by atoms with Gasteiger partial charge in [0.1, 0.15) is 5.75 Å². The average molecular weight is 321 g/mol. The maximum Gasteiger partial charge on any atom is 0.234 e. The maximum atomic E-state index is 12.1. The summed E-state index contributed by atoms with van der Waals surface area (Å²) >= 11 is 0. The number of nitrogens with zero attached hydrogens (tertiary/aromatic N) is 2. The van der Waals surface area contributed by atoms with Gasteiger partial charge in [-0.3, -0.25) is 9.69 Å². The number of amides is 1. The Morgan fingerprint density at radius 2 is 2.30 bits per heavy atom. The van der Waals surface area contributed by atoms with Gasteiger partial charge in [0.05, 0.1) is 26.4 Å². The third-order valence-electron chi connectivity index (χ3n) is 3.78. The average Bonchev–Trinajstić information content (AvgIpc) is 2.53. The second-order valence-electron chi connectivity index (χ2n) is 6.12. The van der Waals surface area contributed by atoms with Crippen LogP contribution in [0.5, 0.6) is 5.75 Å². The first kappa shape index (κ1) is 17.7. The zero-order valence-corrected chi connectivity index (χ0v) is 14.2. The van der Waals surface area contributed by atoms with Crippen LogP contribution in [-0.2, 0) is 16.1 Å². The Hall–Kier alpha value is -1.63. The Morgan fingerprint density at radius 1 is 1.48 bits per heavy atom. The summed E-state index contributed by atoms with van der Waals surface area (Å²) in [4.78, 5) is 16.4. The lowest BCUT2D eigenvalue weighted by Crippen LogP contribution is -2.49. The van der Waals surface area contributed by atoms with Crippen LogP contribution in [0.4, 0.5) is 0 Å². The topological polar surface area (TPSA) is 54.0 Å². The van der Waals surface area contributed by atoms with Gasteiger partial charge in [-0.15, -0.1) is 0 Å². The molecular formula is C17H27N3O3. The van der Waals surface area contributed by atoms with Crippen LogP contribution >= 0.6 is 0 Å². The van der Waals surface area contributed by atoms with Crippen molar-refractivity contribution in [3.05, 3.63) is 29.8 Å². The highest BCUT2D eigenvalue weighted by Gasteiger charge is 2.22. The molecule has 6 nitrogen and oxygen atoms in total. The molecule has 0 aromatic heterocycles. The highest BCUT2D eigenvalue weighted by Crippen LogP contribution is 2.12. The van der Waals surface area contributed by atoms with Gasteiger partial charge in [0.2, 0.25) is 5.91 Å². The van der Waals surface area contributed by atoms with E-state index in [0.29, 0.717) is 19.7 Å². The van der Waals surface area contributed by atoms with Gasteiger partial charge in [0, 0.05) is 26.2 Å². The highest BCUT2D eigenvalue weighted by atomic mass is 16.5. The fraction of sp³-hybridized carbons (Fsp3) is 0.588. The van der Waals surface area contributed by atoms with E-state index in [0.717, 1.165) is 30.9 Å². The van der Waals surface area contributed by atoms with Crippen molar-refractivity contribution in [2.45, 2.75) is 12.6 Å². The molecule has 0 saturated carbocycles. The number of carbonyl (C=O) groups is 1. The van der Waals surface area contributed by atoms with Crippen molar-refractivity contribution >= 4 is 5.91 Å². The summed E-state index contributed by atoms with van der Waals surface area (Å²) in [6, 6.07) is 7.73. The summed E-state index contributed by atoms with van der Waals surface area (Å²) in [5.74, 6) is 0.842. The van der Waals surface area contributed by atoms with E-state index < -0.39 is 0 Å². The van der Waals surface area contributed by atoms with Crippen LogP contribution in [0.3, 0.4) is 0 Å². The van der Waals surface area contributed by atoms with Crippen LogP contribution in [-0.4, -0.2) is 75.8 Å². The molecule has 0 radical (unpaired) electrons. The quantitative estimate of drug-likeness (QED) is 0.796. The molecule has 1 aromatic rings. The lowest BCUT2D eigenvalue weighted by molar-refractivity contribution is -0.124. The molecule has 0 bridgehead atoms. The van der Waals surface area contributed by atoms with Crippen molar-refractivity contribution < 1.29 is 14.3 Å². The first-order valence-corrected chi connectivity index (χ1v) is 7.95. The second kappa shape index (κ2) is 8.86. The molecule has 1 heterocycles. The van der Waals surface area contributed by atoms with Crippen molar-refractivity contribution in [3.63, 3.8) is 0 Å². The minimum absolute atomic E-state index is 0.0401. The third kappa shape index (κ3) is 6.17. The van der Waals surface area contributed by atoms with E-state index in [-0.39, 0.29) is 12.0 Å². The minimum atomic E-state index is 0.0401. The van der Waals surface area contributed by atoms with Crippen LogP contribution in [0.2, 0.25) is 0 Å². The summed E-state index contributed by atoms with van der Waals surface area (Å²) in [5, 5.41) is 2.97. The molecule has 1 atom stereocenters. The highest BCUT2D eigenvalue weighted by molar-refractivity contribution is 5.78. The summed E-state index contributed by atoms with van der Waals surface area (Å²) in [5.41, 5.74) is 1.03. The third-order valence-corrected chi connectivity index (χ3v) is 3.78. The number of ether oxygens (including phenoxy) is 2. The van der Waals surface area contributed by atoms with Gasteiger partial charge in [-0.05, 0) is 31.8 Å². The zero-order chi connectivity index (χ0) is 16.7. The first-order chi connectivity index (χ1) is 11.1. The number of morpholine rings is 1. The molecule has 128 valence electrons. The molecule has 1 aliphatic rings. The van der Waals surface area contributed by atoms with E-state index in [1.54, 1.807) is 7.11 Å². The van der Waals surface area contributed by atoms with Gasteiger partial charge in [0.25, 0.3) is 0 Å². The summed E-state index contributed by atoms with van der Waals surface area (Å²) in [7, 11) is 5.70. The standard InChI is InChI=1S/C17H27N3O3/c1-19(2)11-16-12-20(7-8-23-16)13-17(21)18-10-14-5-4-6-15(9-14)22-3/h4-6,9,16H,7-8,10-13H2,1-3H3,(H,18,21). The zero-order valence-electron chi connectivity index (χ0n) is 14.2. The van der Waals surface area contributed by atoms with Crippen LogP contribution < -0.4 is 10.1 Å². The van der Waals surface area contributed by atoms with Gasteiger partial charge in [-0.1, -0.05) is 12.1 Å². The van der Waals surface area contributed by atoms with Crippen LogP contribution in [0, 0.1) is 0 Å². The first-order valence-electron chi connectivity index (χ1n) is 7.95. The molecule has 0 spiro atoms. The largest absolute Gasteiger partial charge is 0.497 e. The fourth-order valence-corrected chi connectivity index (χ4v) is 2.68. The minimum Gasteiger partial charge on any atom is -0.497 e. The molecular weight excluding hydrogens is 294 g/mol. The molecule has 1 aliphatic heterocycles. The predicted octanol–water partition coefficient (Wildman–Crippen LogP) is 0.574. The van der Waals surface area contributed by atoms with Crippen molar-refractivity contribution in [1.82, 2.24) is 15.1 Å². The van der Waals surface area contributed by atoms with Crippen molar-refractivity contribution in [3.8, 4) is 5.75 Å². The number of rotatable bonds is 7. The van der Waals surface area contributed by atoms with Gasteiger partial charge in [-0.25, -0.2) is 0 Å². The van der Waals surface area contributed by atoms with E-state index in [1.165, 1.54) is 0 Å². The van der Waals surface area contributed by atoms with Crippen LogP contribution in [0.15, 0.2) is 24.3 Å². The van der Waals surface area contributed by atoms with Crippen molar-refractivity contribution in [2.75, 3.05) is 54.0 Å². The van der Waals surface area contributed by atoms with E-state index in [2.05, 4.69) is 15.1 Å². The van der Waals surface area contributed by atoms with Gasteiger partial charge in [-0.2, -0.15) is 0 Å². The summed E-state index contributed by atoms with van der Waals surface area (Å²) in [6.45, 7) is 4.09. The van der Waals surface area contributed by atoms with Gasteiger partial charge >= 0.3 is 0 Å². The molecule has 1 saturated heterocycles. The number of likely N-dealkylation sites (N-methyl/N-ethyl adjacent to an activating group) is 1. The molecule has 6 heteroatoms. The SMILES string of the molecule is COc1cccc(CNC(=O)CN2CCOC(CN(C)C)C2)c1. The molecule has 2 rings (SSSR count). The van der Waals surface area contributed by atoms with Gasteiger partial charge < -0.3 is 19.7 Å². The lowest BCUT2D eigenvalue weighted by atomic mass is 10.2. The molecule has 1 N–H and O–H groups in total. The summed E-state index contributed by atoms with van der Waals surface area (Å²) < 4.78 is 10.9. The molecule has 1 fully saturated rings. The van der Waals surface area contributed by atoms with Crippen LogP contribution in [0.1, 0.15) is 5.56 Å². The Morgan fingerprint density at radius 3 is 3.04 bits per heavy atom. The number of methoxy groups -OCH3 is 1. The van der Waals surface area contributed by atoms with Gasteiger partial charge in [0.15, 0.2) is 0 Å². The summed E-state index contributed by atoms with van der Waals surface area (Å²) in [6.07, 6.45) is 0.171. The lowest BCUT2D eigenvalue weighted by Gasteiger charge is -2.33. The Balaban J connectivity index is 1.75. The molecule has 1 unspecified atom stereocenters. The van der Waals surface area contributed by atoms with E-state index in [1.807, 2.05) is 38.4 Å². The molecule has 23 heavy (non-hydrogen) atoms. The smallest absolute Gasteiger partial charge is 0.234 e. The Bertz CT molecular complexity index is 508. The fourth-order valence-electron chi connectivity index (χ4n) is 2.68. The van der Waals surface area contributed by atoms with E-state index >= 15 is 0 Å². The number of nitrogens with one attached hydrogen (secondary N) is 1. The van der Waals surface area contributed by atoms with E-state index in [9.17, 15) is 4.79 Å². The second-order valence-corrected chi connectivity index (χ2v) is 6.12. The Labute approximate surface area is 138 Å². The van der Waals surface area contributed by atoms with E-state index in [4.69, 9.17) is 9.47 Å². The monoisotopic (exact) mass is 321 g/mol. The molecule has 0 aliphatic carbocycles. The predicted molar refractivity (Wildman–Crippen MR) is 89.6 cm³/mol.